The summed E-state index contributed by atoms with van der Waals surface area (Å²) in [5.41, 5.74) is 16.4. The molecule has 0 aliphatic rings. The van der Waals surface area contributed by atoms with Crippen LogP contribution in [0.3, 0.4) is 0 Å². The molecule has 0 radical (unpaired) electrons. The molecule has 2 heterocycles. The molecule has 5 aromatic rings. The lowest BCUT2D eigenvalue weighted by atomic mass is 10.1. The van der Waals surface area contributed by atoms with E-state index in [-0.39, 0.29) is 6.02 Å². The van der Waals surface area contributed by atoms with Gasteiger partial charge in [-0.05, 0) is 17.2 Å². The highest BCUT2D eigenvalue weighted by atomic mass is 16.5. The number of para-hydroxylation sites is 1. The maximum Gasteiger partial charge on any atom is 0.288 e. The van der Waals surface area contributed by atoms with Gasteiger partial charge < -0.3 is 26.3 Å². The number of ether oxygens (including phenoxy) is 2. The maximum absolute atomic E-state index is 6.00. The number of rotatable bonds is 7. The van der Waals surface area contributed by atoms with Crippen molar-refractivity contribution in [3.8, 4) is 28.0 Å². The highest BCUT2D eigenvalue weighted by Crippen LogP contribution is 2.27. The molecule has 0 atom stereocenters. The quantitative estimate of drug-likeness (QED) is 0.148. The van der Waals surface area contributed by atoms with E-state index >= 15 is 0 Å². The first-order valence-electron chi connectivity index (χ1n) is 12.3. The Hall–Kier alpha value is -5.58. The molecule has 5 rings (SSSR count). The first-order valence-corrected chi connectivity index (χ1v) is 12.3. The fourth-order valence-corrected chi connectivity index (χ4v) is 3.74. The second kappa shape index (κ2) is 13.8. The topological polar surface area (TPSA) is 165 Å². The molecule has 0 saturated heterocycles. The molecular formula is C29H31N9O2. The Morgan fingerprint density at radius 1 is 0.800 bits per heavy atom. The summed E-state index contributed by atoms with van der Waals surface area (Å²) >= 11 is 0. The average Bonchev–Trinajstić information content (AvgIpc) is 3.67. The van der Waals surface area contributed by atoms with E-state index in [1.165, 1.54) is 7.11 Å². The van der Waals surface area contributed by atoms with Crippen LogP contribution in [0.5, 0.6) is 5.75 Å². The van der Waals surface area contributed by atoms with Gasteiger partial charge in [0.25, 0.3) is 6.02 Å². The number of benzene rings is 3. The van der Waals surface area contributed by atoms with Gasteiger partial charge in [0.15, 0.2) is 11.8 Å². The number of H-pyrrole nitrogens is 2. The molecule has 0 aliphatic heterocycles. The standard InChI is InChI=1S/C18H19N5O.C11H12N4O/c1-24-16-10-6-5-9-14(16)11-20-18(19)22-17-15(12-21-23-17)13-7-3-2-4-8-13;1-16-11(12)14-10-9(7-13-15-10)8-5-3-2-4-6-8/h2-10,12H,11H2,1H3,(H4,19,20,21,22,23);2-7H,1H3,(H3,12,13,14,15). The Kier molecular flexibility index (Phi) is 9.48. The van der Waals surface area contributed by atoms with Crippen molar-refractivity contribution in [3.63, 3.8) is 0 Å². The monoisotopic (exact) mass is 537 g/mol. The zero-order valence-electron chi connectivity index (χ0n) is 22.2. The molecule has 0 saturated carbocycles. The lowest BCUT2D eigenvalue weighted by molar-refractivity contribution is 0.397. The molecule has 204 valence electrons. The van der Waals surface area contributed by atoms with Gasteiger partial charge in [0.1, 0.15) is 11.6 Å². The van der Waals surface area contributed by atoms with Crippen molar-refractivity contribution in [3.05, 3.63) is 103 Å². The van der Waals surface area contributed by atoms with Crippen LogP contribution in [-0.4, -0.2) is 46.6 Å². The van der Waals surface area contributed by atoms with Crippen molar-refractivity contribution >= 4 is 23.6 Å². The van der Waals surface area contributed by atoms with E-state index in [4.69, 9.17) is 20.9 Å². The predicted octanol–water partition coefficient (Wildman–Crippen LogP) is 4.68. The van der Waals surface area contributed by atoms with Gasteiger partial charge in [-0.1, -0.05) is 78.9 Å². The molecule has 11 heteroatoms. The van der Waals surface area contributed by atoms with Gasteiger partial charge in [-0.15, -0.1) is 0 Å². The molecule has 0 fully saturated rings. The zero-order chi connectivity index (χ0) is 28.2. The number of aromatic amines is 2. The average molecular weight is 538 g/mol. The highest BCUT2D eigenvalue weighted by Gasteiger charge is 2.09. The Morgan fingerprint density at radius 2 is 1.40 bits per heavy atom. The van der Waals surface area contributed by atoms with Crippen LogP contribution in [0.15, 0.2) is 107 Å². The summed E-state index contributed by atoms with van der Waals surface area (Å²) in [4.78, 5) is 8.44. The van der Waals surface area contributed by atoms with E-state index in [0.717, 1.165) is 33.6 Å². The van der Waals surface area contributed by atoms with E-state index in [9.17, 15) is 0 Å². The number of methoxy groups -OCH3 is 2. The molecule has 2 aromatic heterocycles. The van der Waals surface area contributed by atoms with Gasteiger partial charge in [0, 0.05) is 16.7 Å². The molecule has 0 amide bonds. The van der Waals surface area contributed by atoms with Crippen molar-refractivity contribution in [2.75, 3.05) is 19.5 Å². The van der Waals surface area contributed by atoms with Crippen molar-refractivity contribution in [2.24, 2.45) is 21.5 Å². The van der Waals surface area contributed by atoms with E-state index in [2.05, 4.69) is 35.7 Å². The number of nitrogens with two attached hydrogens (primary N) is 2. The lowest BCUT2D eigenvalue weighted by Gasteiger charge is -2.08. The summed E-state index contributed by atoms with van der Waals surface area (Å²) in [5, 5.41) is 16.8. The largest absolute Gasteiger partial charge is 0.496 e. The summed E-state index contributed by atoms with van der Waals surface area (Å²) in [6.07, 6.45) is 3.46. The van der Waals surface area contributed by atoms with Crippen LogP contribution in [0.4, 0.5) is 11.6 Å². The van der Waals surface area contributed by atoms with Crippen LogP contribution in [0.2, 0.25) is 0 Å². The van der Waals surface area contributed by atoms with E-state index < -0.39 is 0 Å². The molecular weight excluding hydrogens is 506 g/mol. The number of hydrogen-bond donors (Lipinski definition) is 5. The third-order valence-corrected chi connectivity index (χ3v) is 5.72. The smallest absolute Gasteiger partial charge is 0.288 e. The number of guanidine groups is 1. The van der Waals surface area contributed by atoms with Crippen LogP contribution in [0.1, 0.15) is 5.56 Å². The number of aromatic nitrogens is 4. The summed E-state index contributed by atoms with van der Waals surface area (Å²) in [7, 11) is 3.11. The number of hydrogen-bond acceptors (Lipinski definition) is 6. The van der Waals surface area contributed by atoms with E-state index in [1.54, 1.807) is 19.5 Å². The fraction of sp³-hybridized carbons (Fsp3) is 0.103. The summed E-state index contributed by atoms with van der Waals surface area (Å²) in [6, 6.07) is 27.6. The SMILES string of the molecule is COC(N)=Nc1[nH]ncc1-c1ccccc1.COc1ccccc1CN=C(N)Nc1[nH]ncc1-c1ccccc1. The van der Waals surface area contributed by atoms with Gasteiger partial charge in [-0.2, -0.15) is 15.2 Å². The predicted molar refractivity (Wildman–Crippen MR) is 158 cm³/mol. The van der Waals surface area contributed by atoms with Crippen molar-refractivity contribution < 1.29 is 9.47 Å². The molecule has 0 spiro atoms. The first-order chi connectivity index (χ1) is 19.6. The second-order valence-corrected chi connectivity index (χ2v) is 8.32. The Morgan fingerprint density at radius 3 is 2.08 bits per heavy atom. The van der Waals surface area contributed by atoms with E-state index in [0.29, 0.717) is 24.1 Å². The van der Waals surface area contributed by atoms with Crippen LogP contribution in [-0.2, 0) is 11.3 Å². The maximum atomic E-state index is 6.00. The normalized spacial score (nSPS) is 11.3. The number of nitrogens with one attached hydrogen (secondary N) is 3. The minimum atomic E-state index is 0.0985. The van der Waals surface area contributed by atoms with Crippen LogP contribution < -0.4 is 21.5 Å². The summed E-state index contributed by atoms with van der Waals surface area (Å²) in [6.45, 7) is 0.428. The second-order valence-electron chi connectivity index (χ2n) is 8.32. The van der Waals surface area contributed by atoms with Gasteiger partial charge in [-0.25, -0.2) is 4.99 Å². The molecule has 0 aliphatic carbocycles. The molecule has 11 nitrogen and oxygen atoms in total. The van der Waals surface area contributed by atoms with E-state index in [1.807, 2.05) is 84.9 Å². The summed E-state index contributed by atoms with van der Waals surface area (Å²) in [5.74, 6) is 2.40. The van der Waals surface area contributed by atoms with Crippen LogP contribution >= 0.6 is 0 Å². The van der Waals surface area contributed by atoms with Crippen molar-refractivity contribution in [1.29, 1.82) is 0 Å². The van der Waals surface area contributed by atoms with Crippen molar-refractivity contribution in [2.45, 2.75) is 6.54 Å². The zero-order valence-corrected chi connectivity index (χ0v) is 22.2. The van der Waals surface area contributed by atoms with Crippen LogP contribution in [0, 0.1) is 0 Å². The number of aliphatic imine (C=N–C) groups is 2. The Labute approximate surface area is 232 Å². The van der Waals surface area contributed by atoms with Crippen LogP contribution in [0.25, 0.3) is 22.3 Å². The van der Waals surface area contributed by atoms with Crippen molar-refractivity contribution in [1.82, 2.24) is 20.4 Å². The molecule has 0 unspecified atom stereocenters. The Balaban J connectivity index is 0.000000201. The fourth-order valence-electron chi connectivity index (χ4n) is 3.74. The van der Waals surface area contributed by atoms with Gasteiger partial charge in [-0.3, -0.25) is 10.2 Å². The summed E-state index contributed by atoms with van der Waals surface area (Å²) < 4.78 is 10.1. The minimum Gasteiger partial charge on any atom is -0.496 e. The van der Waals surface area contributed by atoms with Gasteiger partial charge >= 0.3 is 0 Å². The molecule has 0 bridgehead atoms. The third kappa shape index (κ3) is 7.25. The molecule has 3 aromatic carbocycles. The molecule has 7 N–H and O–H groups in total. The number of nitrogens with zero attached hydrogens (tertiary/aromatic N) is 4. The number of amidine groups is 1. The first kappa shape index (κ1) is 27.5. The highest BCUT2D eigenvalue weighted by molar-refractivity contribution is 5.95. The third-order valence-electron chi connectivity index (χ3n) is 5.72. The van der Waals surface area contributed by atoms with Gasteiger partial charge in [0.05, 0.1) is 33.2 Å². The Bertz CT molecular complexity index is 1540. The molecule has 40 heavy (non-hydrogen) atoms. The lowest BCUT2D eigenvalue weighted by Crippen LogP contribution is -2.23. The minimum absolute atomic E-state index is 0.0985. The van der Waals surface area contributed by atoms with Gasteiger partial charge in [0.2, 0.25) is 0 Å². The number of anilines is 1.